The van der Waals surface area contributed by atoms with E-state index in [9.17, 15) is 5.11 Å². The quantitative estimate of drug-likeness (QED) is 0.905. The Morgan fingerprint density at radius 3 is 2.21 bits per heavy atom. The Balaban J connectivity index is 1.68. The molecule has 1 fully saturated rings. The third kappa shape index (κ3) is 2.55. The lowest BCUT2D eigenvalue weighted by molar-refractivity contribution is 0.0104. The van der Waals surface area contributed by atoms with E-state index in [1.54, 1.807) is 0 Å². The maximum atomic E-state index is 9.62. The molecule has 0 aliphatic carbocycles. The first-order chi connectivity index (χ1) is 9.38. The van der Waals surface area contributed by atoms with E-state index in [2.05, 4.69) is 53.4 Å². The van der Waals surface area contributed by atoms with Crippen LogP contribution in [0.5, 0.6) is 0 Å². The molecule has 0 bridgehead atoms. The van der Waals surface area contributed by atoms with E-state index in [1.165, 1.54) is 11.1 Å². The van der Waals surface area contributed by atoms with Crippen molar-refractivity contribution in [2.75, 3.05) is 13.2 Å². The van der Waals surface area contributed by atoms with Gasteiger partial charge in [-0.2, -0.15) is 0 Å². The van der Waals surface area contributed by atoms with E-state index in [0.717, 1.165) is 13.1 Å². The van der Waals surface area contributed by atoms with Crippen molar-refractivity contribution in [3.05, 3.63) is 71.8 Å². The van der Waals surface area contributed by atoms with Gasteiger partial charge in [0.2, 0.25) is 0 Å². The maximum Gasteiger partial charge on any atom is 0.0593 e. The summed E-state index contributed by atoms with van der Waals surface area (Å²) in [5, 5.41) is 9.62. The molecule has 2 nitrogen and oxygen atoms in total. The molecule has 0 aromatic heterocycles. The average molecular weight is 253 g/mol. The van der Waals surface area contributed by atoms with Gasteiger partial charge in [-0.1, -0.05) is 60.7 Å². The van der Waals surface area contributed by atoms with Crippen molar-refractivity contribution in [1.82, 2.24) is 4.90 Å². The fraction of sp³-hybridized carbons (Fsp3) is 0.294. The van der Waals surface area contributed by atoms with Crippen LogP contribution in [0.2, 0.25) is 0 Å². The zero-order valence-corrected chi connectivity index (χ0v) is 10.9. The Labute approximate surface area is 114 Å². The summed E-state index contributed by atoms with van der Waals surface area (Å²) >= 11 is 0. The molecule has 98 valence electrons. The predicted octanol–water partition coefficient (Wildman–Crippen LogP) is 2.65. The lowest BCUT2D eigenvalue weighted by atomic mass is 9.82. The van der Waals surface area contributed by atoms with Crippen LogP contribution < -0.4 is 0 Å². The summed E-state index contributed by atoms with van der Waals surface area (Å²) in [7, 11) is 0. The number of nitrogens with zero attached hydrogens (tertiary/aromatic N) is 1. The van der Waals surface area contributed by atoms with Crippen LogP contribution in [-0.4, -0.2) is 29.2 Å². The number of aliphatic hydroxyl groups is 1. The van der Waals surface area contributed by atoms with Crippen LogP contribution in [0.3, 0.4) is 0 Å². The summed E-state index contributed by atoms with van der Waals surface area (Å²) in [5.74, 6) is 0.468. The molecule has 19 heavy (non-hydrogen) atoms. The zero-order chi connectivity index (χ0) is 13.1. The average Bonchev–Trinajstić information content (AvgIpc) is 2.45. The van der Waals surface area contributed by atoms with Gasteiger partial charge in [0.25, 0.3) is 0 Å². The molecule has 1 saturated heterocycles. The topological polar surface area (TPSA) is 23.5 Å². The van der Waals surface area contributed by atoms with Gasteiger partial charge < -0.3 is 5.11 Å². The van der Waals surface area contributed by atoms with Crippen molar-refractivity contribution < 1.29 is 5.11 Å². The van der Waals surface area contributed by atoms with E-state index in [0.29, 0.717) is 5.92 Å². The van der Waals surface area contributed by atoms with E-state index >= 15 is 0 Å². The zero-order valence-electron chi connectivity index (χ0n) is 10.9. The Hall–Kier alpha value is -1.64. The highest BCUT2D eigenvalue weighted by molar-refractivity contribution is 5.26. The van der Waals surface area contributed by atoms with Gasteiger partial charge in [0.15, 0.2) is 0 Å². The number of hydrogen-bond donors (Lipinski definition) is 1. The number of aliphatic hydroxyl groups excluding tert-OH is 1. The third-order valence-electron chi connectivity index (χ3n) is 4.01. The molecular formula is C17H19NO. The highest BCUT2D eigenvalue weighted by Crippen LogP contribution is 2.34. The predicted molar refractivity (Wildman–Crippen MR) is 76.9 cm³/mol. The van der Waals surface area contributed by atoms with Crippen LogP contribution in [-0.2, 0) is 6.54 Å². The molecule has 1 heterocycles. The van der Waals surface area contributed by atoms with E-state index in [4.69, 9.17) is 0 Å². The van der Waals surface area contributed by atoms with Gasteiger partial charge in [-0.05, 0) is 11.1 Å². The molecule has 1 aliphatic heterocycles. The van der Waals surface area contributed by atoms with Crippen molar-refractivity contribution in [2.45, 2.75) is 18.5 Å². The minimum atomic E-state index is 0.229. The fourth-order valence-corrected chi connectivity index (χ4v) is 2.90. The lowest BCUT2D eigenvalue weighted by Gasteiger charge is -2.47. The first kappa shape index (κ1) is 12.4. The lowest BCUT2D eigenvalue weighted by Crippen LogP contribution is -2.55. The van der Waals surface area contributed by atoms with Crippen LogP contribution in [0.15, 0.2) is 60.7 Å². The molecule has 2 atom stereocenters. The van der Waals surface area contributed by atoms with Gasteiger partial charge in [-0.15, -0.1) is 0 Å². The molecule has 2 aromatic rings. The summed E-state index contributed by atoms with van der Waals surface area (Å²) in [6, 6.07) is 21.2. The van der Waals surface area contributed by atoms with Crippen LogP contribution in [0.25, 0.3) is 0 Å². The largest absolute Gasteiger partial charge is 0.395 e. The highest BCUT2D eigenvalue weighted by Gasteiger charge is 2.38. The molecule has 0 unspecified atom stereocenters. The van der Waals surface area contributed by atoms with Crippen LogP contribution in [0.1, 0.15) is 17.0 Å². The molecule has 3 rings (SSSR count). The second-order valence-electron chi connectivity index (χ2n) is 5.18. The first-order valence-electron chi connectivity index (χ1n) is 6.82. The van der Waals surface area contributed by atoms with E-state index in [-0.39, 0.29) is 12.6 Å². The molecule has 2 heteroatoms. The smallest absolute Gasteiger partial charge is 0.0593 e. The fourth-order valence-electron chi connectivity index (χ4n) is 2.90. The monoisotopic (exact) mass is 253 g/mol. The molecular weight excluding hydrogens is 234 g/mol. The molecule has 1 N–H and O–H groups in total. The molecule has 0 radical (unpaired) electrons. The Kier molecular flexibility index (Phi) is 3.62. The Morgan fingerprint density at radius 1 is 0.947 bits per heavy atom. The van der Waals surface area contributed by atoms with Gasteiger partial charge in [0.05, 0.1) is 6.61 Å². The first-order valence-corrected chi connectivity index (χ1v) is 6.82. The minimum absolute atomic E-state index is 0.229. The number of rotatable bonds is 4. The van der Waals surface area contributed by atoms with E-state index < -0.39 is 0 Å². The highest BCUT2D eigenvalue weighted by atomic mass is 16.3. The number of likely N-dealkylation sites (tertiary alicyclic amines) is 1. The van der Waals surface area contributed by atoms with Crippen LogP contribution >= 0.6 is 0 Å². The van der Waals surface area contributed by atoms with Gasteiger partial charge in [-0.3, -0.25) is 4.90 Å². The molecule has 0 saturated carbocycles. The SMILES string of the molecule is OC[C@@H]1[C@H](c2ccccc2)CN1Cc1ccccc1. The van der Waals surface area contributed by atoms with Gasteiger partial charge in [0.1, 0.15) is 0 Å². The second kappa shape index (κ2) is 5.55. The van der Waals surface area contributed by atoms with Crippen molar-refractivity contribution in [3.63, 3.8) is 0 Å². The molecule has 0 spiro atoms. The minimum Gasteiger partial charge on any atom is -0.395 e. The van der Waals surface area contributed by atoms with Gasteiger partial charge in [-0.25, -0.2) is 0 Å². The van der Waals surface area contributed by atoms with Gasteiger partial charge in [0, 0.05) is 25.0 Å². The second-order valence-corrected chi connectivity index (χ2v) is 5.18. The van der Waals surface area contributed by atoms with Crippen molar-refractivity contribution in [3.8, 4) is 0 Å². The van der Waals surface area contributed by atoms with Crippen molar-refractivity contribution in [2.24, 2.45) is 0 Å². The number of hydrogen-bond acceptors (Lipinski definition) is 2. The third-order valence-corrected chi connectivity index (χ3v) is 4.01. The van der Waals surface area contributed by atoms with Crippen molar-refractivity contribution in [1.29, 1.82) is 0 Å². The summed E-state index contributed by atoms with van der Waals surface area (Å²) < 4.78 is 0. The summed E-state index contributed by atoms with van der Waals surface area (Å²) in [4.78, 5) is 2.35. The maximum absolute atomic E-state index is 9.62. The molecule has 1 aliphatic rings. The molecule has 2 aromatic carbocycles. The normalized spacial score (nSPS) is 23.0. The van der Waals surface area contributed by atoms with Crippen molar-refractivity contribution >= 4 is 0 Å². The summed E-state index contributed by atoms with van der Waals surface area (Å²) in [5.41, 5.74) is 2.65. The summed E-state index contributed by atoms with van der Waals surface area (Å²) in [6.07, 6.45) is 0. The Morgan fingerprint density at radius 2 is 1.58 bits per heavy atom. The standard InChI is InChI=1S/C17H19NO/c19-13-17-16(15-9-5-2-6-10-15)12-18(17)11-14-7-3-1-4-8-14/h1-10,16-17,19H,11-13H2/t16-,17+/m0/s1. The molecule has 0 amide bonds. The van der Waals surface area contributed by atoms with Crippen LogP contribution in [0.4, 0.5) is 0 Å². The van der Waals surface area contributed by atoms with E-state index in [1.807, 2.05) is 12.1 Å². The summed E-state index contributed by atoms with van der Waals surface area (Å²) in [6.45, 7) is 2.19. The number of benzene rings is 2. The van der Waals surface area contributed by atoms with Gasteiger partial charge >= 0.3 is 0 Å². The van der Waals surface area contributed by atoms with Crippen LogP contribution in [0, 0.1) is 0 Å². The Bertz CT molecular complexity index is 511.